The van der Waals surface area contributed by atoms with E-state index in [1.54, 1.807) is 54.6 Å². The van der Waals surface area contributed by atoms with Crippen LogP contribution in [-0.4, -0.2) is 37.7 Å². The lowest BCUT2D eigenvalue weighted by Crippen LogP contribution is -2.34. The Morgan fingerprint density at radius 3 is 2.47 bits per heavy atom. The Hall–Kier alpha value is -3.44. The van der Waals surface area contributed by atoms with Crippen molar-refractivity contribution in [3.05, 3.63) is 92.0 Å². The molecule has 0 aliphatic carbocycles. The predicted octanol–water partition coefficient (Wildman–Crippen LogP) is 4.05. The van der Waals surface area contributed by atoms with Gasteiger partial charge in [0.25, 0.3) is 11.8 Å². The van der Waals surface area contributed by atoms with Crippen molar-refractivity contribution in [3.63, 3.8) is 0 Å². The second-order valence-corrected chi connectivity index (χ2v) is 8.36. The van der Waals surface area contributed by atoms with Crippen LogP contribution >= 0.6 is 34.2 Å². The standard InChI is InChI=1S/C24H19ClIN3O5/c1-33-21-12-15(6-11-20(21)34-24(32)18-4-2-3-5-19(18)26)13-28-29-22(30)14-27-23(31)16-7-9-17(25)10-8-16/h2-13H,14H2,1H3,(H,27,31)(H,29,30)/b28-13-. The van der Waals surface area contributed by atoms with Crippen molar-refractivity contribution in [2.45, 2.75) is 0 Å². The van der Waals surface area contributed by atoms with Crippen molar-refractivity contribution in [1.29, 1.82) is 0 Å². The Bertz CT molecular complexity index is 1230. The number of esters is 1. The first kappa shape index (κ1) is 25.2. The van der Waals surface area contributed by atoms with E-state index in [4.69, 9.17) is 21.1 Å². The molecule has 10 heteroatoms. The van der Waals surface area contributed by atoms with E-state index in [-0.39, 0.29) is 12.3 Å². The first-order valence-corrected chi connectivity index (χ1v) is 11.3. The van der Waals surface area contributed by atoms with Crippen LogP contribution in [0.2, 0.25) is 5.02 Å². The van der Waals surface area contributed by atoms with E-state index in [0.29, 0.717) is 27.5 Å². The molecule has 0 fully saturated rings. The third-order valence-corrected chi connectivity index (χ3v) is 5.60. The van der Waals surface area contributed by atoms with Crippen LogP contribution in [-0.2, 0) is 4.79 Å². The van der Waals surface area contributed by atoms with Crippen LogP contribution in [0.15, 0.2) is 71.8 Å². The molecule has 3 aromatic rings. The number of nitrogens with one attached hydrogen (secondary N) is 2. The summed E-state index contributed by atoms with van der Waals surface area (Å²) in [6.45, 7) is -0.255. The lowest BCUT2D eigenvalue weighted by Gasteiger charge is -2.10. The number of halogens is 2. The minimum atomic E-state index is -0.506. The fraction of sp³-hybridized carbons (Fsp3) is 0.0833. The zero-order valence-electron chi connectivity index (χ0n) is 17.9. The third-order valence-electron chi connectivity index (χ3n) is 4.40. The molecule has 174 valence electrons. The number of benzene rings is 3. The van der Waals surface area contributed by atoms with Gasteiger partial charge in [0.05, 0.1) is 25.4 Å². The van der Waals surface area contributed by atoms with Gasteiger partial charge in [-0.1, -0.05) is 23.7 Å². The number of ether oxygens (including phenoxy) is 2. The van der Waals surface area contributed by atoms with E-state index in [2.05, 4.69) is 38.4 Å². The molecule has 0 spiro atoms. The van der Waals surface area contributed by atoms with Gasteiger partial charge >= 0.3 is 5.97 Å². The van der Waals surface area contributed by atoms with Crippen LogP contribution in [0.25, 0.3) is 0 Å². The van der Waals surface area contributed by atoms with E-state index in [1.807, 2.05) is 12.1 Å². The van der Waals surface area contributed by atoms with Crippen LogP contribution in [0, 0.1) is 3.57 Å². The number of hydrogen-bond acceptors (Lipinski definition) is 6. The lowest BCUT2D eigenvalue weighted by atomic mass is 10.2. The number of amides is 2. The summed E-state index contributed by atoms with van der Waals surface area (Å²) in [6, 6.07) is 18.2. The summed E-state index contributed by atoms with van der Waals surface area (Å²) >= 11 is 7.85. The van der Waals surface area contributed by atoms with E-state index in [1.165, 1.54) is 13.3 Å². The molecule has 3 rings (SSSR count). The van der Waals surface area contributed by atoms with Gasteiger partial charge < -0.3 is 14.8 Å². The van der Waals surface area contributed by atoms with Crippen LogP contribution in [0.5, 0.6) is 11.5 Å². The second-order valence-electron chi connectivity index (χ2n) is 6.76. The summed E-state index contributed by atoms with van der Waals surface area (Å²) in [6.07, 6.45) is 1.40. The highest BCUT2D eigenvalue weighted by molar-refractivity contribution is 14.1. The maximum atomic E-state index is 12.5. The highest BCUT2D eigenvalue weighted by Gasteiger charge is 2.15. The summed E-state index contributed by atoms with van der Waals surface area (Å²) in [5, 5.41) is 6.87. The average molecular weight is 592 g/mol. The number of hydrazone groups is 1. The molecule has 0 aliphatic heterocycles. The molecular formula is C24H19ClIN3O5. The Morgan fingerprint density at radius 1 is 1.03 bits per heavy atom. The summed E-state index contributed by atoms with van der Waals surface area (Å²) in [7, 11) is 1.45. The largest absolute Gasteiger partial charge is 0.493 e. The van der Waals surface area contributed by atoms with Crippen LogP contribution in [0.4, 0.5) is 0 Å². The highest BCUT2D eigenvalue weighted by atomic mass is 127. The van der Waals surface area contributed by atoms with Gasteiger partial charge in [0, 0.05) is 14.2 Å². The van der Waals surface area contributed by atoms with Crippen molar-refractivity contribution in [2.24, 2.45) is 5.10 Å². The SMILES string of the molecule is COc1cc(/C=N\NC(=O)CNC(=O)c2ccc(Cl)cc2)ccc1OC(=O)c1ccccc1I. The van der Waals surface area contributed by atoms with Crippen molar-refractivity contribution < 1.29 is 23.9 Å². The molecule has 0 aliphatic rings. The molecule has 0 saturated heterocycles. The summed E-state index contributed by atoms with van der Waals surface area (Å²) in [5.74, 6) is -0.843. The summed E-state index contributed by atoms with van der Waals surface area (Å²) < 4.78 is 11.5. The van der Waals surface area contributed by atoms with Crippen molar-refractivity contribution in [2.75, 3.05) is 13.7 Å². The molecule has 34 heavy (non-hydrogen) atoms. The van der Waals surface area contributed by atoms with Crippen LogP contribution < -0.4 is 20.2 Å². The normalized spacial score (nSPS) is 10.6. The van der Waals surface area contributed by atoms with Gasteiger partial charge in [0.1, 0.15) is 0 Å². The van der Waals surface area contributed by atoms with Crippen molar-refractivity contribution >= 4 is 58.2 Å². The Balaban J connectivity index is 1.55. The highest BCUT2D eigenvalue weighted by Crippen LogP contribution is 2.29. The molecule has 2 amide bonds. The minimum absolute atomic E-state index is 0.248. The smallest absolute Gasteiger partial charge is 0.344 e. The molecule has 0 bridgehead atoms. The van der Waals surface area contributed by atoms with Crippen LogP contribution in [0.3, 0.4) is 0 Å². The van der Waals surface area contributed by atoms with E-state index >= 15 is 0 Å². The van der Waals surface area contributed by atoms with E-state index in [9.17, 15) is 14.4 Å². The minimum Gasteiger partial charge on any atom is -0.493 e. The van der Waals surface area contributed by atoms with Gasteiger partial charge in [-0.3, -0.25) is 9.59 Å². The molecule has 0 aromatic heterocycles. The molecule has 0 unspecified atom stereocenters. The number of carbonyl (C=O) groups is 3. The van der Waals surface area contributed by atoms with Crippen molar-refractivity contribution in [1.82, 2.24) is 10.7 Å². The summed E-state index contributed by atoms with van der Waals surface area (Å²) in [5.41, 5.74) is 3.75. The zero-order valence-corrected chi connectivity index (χ0v) is 20.8. The first-order chi connectivity index (χ1) is 16.4. The van der Waals surface area contributed by atoms with Gasteiger partial charge in [-0.2, -0.15) is 5.10 Å². The van der Waals surface area contributed by atoms with Gasteiger partial charge in [-0.05, 0) is 82.8 Å². The quantitative estimate of drug-likeness (QED) is 0.135. The summed E-state index contributed by atoms with van der Waals surface area (Å²) in [4.78, 5) is 36.4. The van der Waals surface area contributed by atoms with E-state index < -0.39 is 17.8 Å². The number of hydrogen-bond donors (Lipinski definition) is 2. The number of methoxy groups -OCH3 is 1. The van der Waals surface area contributed by atoms with Gasteiger partial charge in [-0.25, -0.2) is 10.2 Å². The topological polar surface area (TPSA) is 106 Å². The van der Waals surface area contributed by atoms with Crippen LogP contribution in [0.1, 0.15) is 26.3 Å². The third kappa shape index (κ3) is 7.03. The molecular weight excluding hydrogens is 573 g/mol. The average Bonchev–Trinajstić information content (AvgIpc) is 2.84. The molecule has 0 heterocycles. The number of carbonyl (C=O) groups excluding carboxylic acids is 3. The fourth-order valence-corrected chi connectivity index (χ4v) is 3.45. The molecule has 2 N–H and O–H groups in total. The molecule has 0 radical (unpaired) electrons. The van der Waals surface area contributed by atoms with Gasteiger partial charge in [0.15, 0.2) is 11.5 Å². The second kappa shape index (κ2) is 12.1. The maximum absolute atomic E-state index is 12.5. The van der Waals surface area contributed by atoms with Gasteiger partial charge in [-0.15, -0.1) is 0 Å². The first-order valence-electron chi connectivity index (χ1n) is 9.88. The zero-order chi connectivity index (χ0) is 24.5. The Kier molecular flexibility index (Phi) is 9.00. The predicted molar refractivity (Wildman–Crippen MR) is 137 cm³/mol. The monoisotopic (exact) mass is 591 g/mol. The number of nitrogens with zero attached hydrogens (tertiary/aromatic N) is 1. The number of rotatable bonds is 8. The maximum Gasteiger partial charge on any atom is 0.344 e. The Morgan fingerprint density at radius 2 is 1.76 bits per heavy atom. The molecule has 0 saturated carbocycles. The molecule has 0 atom stereocenters. The fourth-order valence-electron chi connectivity index (χ4n) is 2.71. The molecule has 3 aromatic carbocycles. The van der Waals surface area contributed by atoms with E-state index in [0.717, 1.165) is 3.57 Å². The Labute approximate surface area is 214 Å². The van der Waals surface area contributed by atoms with Crippen molar-refractivity contribution in [3.8, 4) is 11.5 Å². The lowest BCUT2D eigenvalue weighted by molar-refractivity contribution is -0.120. The molecule has 8 nitrogen and oxygen atoms in total. The van der Waals surface area contributed by atoms with Gasteiger partial charge in [0.2, 0.25) is 0 Å².